The van der Waals surface area contributed by atoms with Crippen LogP contribution in [0, 0.1) is 0 Å². The Morgan fingerprint density at radius 3 is 2.50 bits per heavy atom. The lowest BCUT2D eigenvalue weighted by atomic mass is 9.96. The first-order valence-electron chi connectivity index (χ1n) is 2.82. The molecule has 0 N–H and O–H groups in total. The van der Waals surface area contributed by atoms with Crippen LogP contribution < -0.4 is 0 Å². The maximum Gasteiger partial charge on any atom is 0.0179 e. The van der Waals surface area contributed by atoms with E-state index in [4.69, 9.17) is 11.6 Å². The lowest BCUT2D eigenvalue weighted by Gasteiger charge is -2.16. The van der Waals surface area contributed by atoms with Crippen molar-refractivity contribution in [2.24, 2.45) is 0 Å². The van der Waals surface area contributed by atoms with Crippen LogP contribution in [0.4, 0.5) is 0 Å². The molecule has 0 saturated heterocycles. The van der Waals surface area contributed by atoms with Crippen molar-refractivity contribution in [3.05, 3.63) is 23.3 Å². The van der Waals surface area contributed by atoms with Crippen molar-refractivity contribution in [2.45, 2.75) is 19.3 Å². The van der Waals surface area contributed by atoms with Gasteiger partial charge in [-0.05, 0) is 19.3 Å². The summed E-state index contributed by atoms with van der Waals surface area (Å²) < 4.78 is 0. The van der Waals surface area contributed by atoms with Gasteiger partial charge in [0, 0.05) is 5.03 Å². The molecule has 0 heterocycles. The summed E-state index contributed by atoms with van der Waals surface area (Å²) in [7, 11) is 0. The fourth-order valence-corrected chi connectivity index (χ4v) is 1.05. The molecule has 0 unspecified atom stereocenters. The average Bonchev–Trinajstić information content (AvgIpc) is 1.79. The van der Waals surface area contributed by atoms with Crippen molar-refractivity contribution in [3.8, 4) is 0 Å². The summed E-state index contributed by atoms with van der Waals surface area (Å²) in [5, 5.41) is 1.06. The number of rotatable bonds is 2. The van der Waals surface area contributed by atoms with Gasteiger partial charge in [-0.2, -0.15) is 0 Å². The van der Waals surface area contributed by atoms with Crippen LogP contribution in [0.1, 0.15) is 19.3 Å². The first kappa shape index (κ1) is 5.90. The molecular weight excluding hydrogens is 120 g/mol. The second kappa shape index (κ2) is 2.36. The standard InChI is InChI=1S/C7H9Cl/c1-2-3-6-4-5-7(6)8/h2H,1,3-5H2. The van der Waals surface area contributed by atoms with Crippen molar-refractivity contribution in [3.63, 3.8) is 0 Å². The van der Waals surface area contributed by atoms with Crippen LogP contribution in [-0.4, -0.2) is 0 Å². The van der Waals surface area contributed by atoms with Gasteiger partial charge >= 0.3 is 0 Å². The Balaban J connectivity index is 2.46. The van der Waals surface area contributed by atoms with E-state index in [1.165, 1.54) is 12.0 Å². The van der Waals surface area contributed by atoms with Gasteiger partial charge in [-0.1, -0.05) is 23.3 Å². The van der Waals surface area contributed by atoms with Gasteiger partial charge in [-0.3, -0.25) is 0 Å². The third-order valence-electron chi connectivity index (χ3n) is 1.42. The molecule has 0 aromatic carbocycles. The summed E-state index contributed by atoms with van der Waals surface area (Å²) in [6, 6.07) is 0. The van der Waals surface area contributed by atoms with Gasteiger partial charge in [0.2, 0.25) is 0 Å². The molecule has 1 heteroatoms. The molecule has 0 atom stereocenters. The molecule has 8 heavy (non-hydrogen) atoms. The molecule has 0 aliphatic heterocycles. The Labute approximate surface area is 54.8 Å². The minimum absolute atomic E-state index is 0.985. The van der Waals surface area contributed by atoms with Crippen molar-refractivity contribution in [1.82, 2.24) is 0 Å². The van der Waals surface area contributed by atoms with E-state index in [2.05, 4.69) is 6.58 Å². The molecule has 0 nitrogen and oxygen atoms in total. The van der Waals surface area contributed by atoms with Crippen molar-refractivity contribution < 1.29 is 0 Å². The molecule has 0 aromatic heterocycles. The van der Waals surface area contributed by atoms with Crippen LogP contribution in [0.3, 0.4) is 0 Å². The topological polar surface area (TPSA) is 0 Å². The molecule has 1 aliphatic carbocycles. The first-order valence-corrected chi connectivity index (χ1v) is 3.19. The largest absolute Gasteiger partial charge is 0.103 e. The first-order chi connectivity index (χ1) is 3.84. The maximum absolute atomic E-state index is 5.73. The fourth-order valence-electron chi connectivity index (χ4n) is 0.783. The number of allylic oxidation sites excluding steroid dienone is 3. The van der Waals surface area contributed by atoms with E-state index in [1.807, 2.05) is 6.08 Å². The maximum atomic E-state index is 5.73. The molecule has 1 rings (SSSR count). The van der Waals surface area contributed by atoms with Crippen molar-refractivity contribution in [1.29, 1.82) is 0 Å². The van der Waals surface area contributed by atoms with Gasteiger partial charge in [0.1, 0.15) is 0 Å². The fraction of sp³-hybridized carbons (Fsp3) is 0.429. The van der Waals surface area contributed by atoms with Gasteiger partial charge in [0.25, 0.3) is 0 Å². The molecular formula is C7H9Cl. The Bertz CT molecular complexity index is 133. The highest BCUT2D eigenvalue weighted by Gasteiger charge is 2.11. The molecule has 0 spiro atoms. The summed E-state index contributed by atoms with van der Waals surface area (Å²) in [6.45, 7) is 3.62. The minimum Gasteiger partial charge on any atom is -0.103 e. The number of hydrogen-bond donors (Lipinski definition) is 0. The smallest absolute Gasteiger partial charge is 0.0179 e. The molecule has 0 radical (unpaired) electrons. The second-order valence-corrected chi connectivity index (χ2v) is 2.46. The predicted molar refractivity (Wildman–Crippen MR) is 36.9 cm³/mol. The van der Waals surface area contributed by atoms with E-state index >= 15 is 0 Å². The minimum atomic E-state index is 0.985. The van der Waals surface area contributed by atoms with E-state index in [-0.39, 0.29) is 0 Å². The van der Waals surface area contributed by atoms with Crippen LogP contribution in [0.5, 0.6) is 0 Å². The Morgan fingerprint density at radius 2 is 2.38 bits per heavy atom. The van der Waals surface area contributed by atoms with Gasteiger partial charge in [0.05, 0.1) is 0 Å². The second-order valence-electron chi connectivity index (χ2n) is 2.00. The van der Waals surface area contributed by atoms with Gasteiger partial charge in [0.15, 0.2) is 0 Å². The van der Waals surface area contributed by atoms with Crippen LogP contribution >= 0.6 is 11.6 Å². The summed E-state index contributed by atoms with van der Waals surface area (Å²) in [5.41, 5.74) is 1.38. The van der Waals surface area contributed by atoms with Crippen LogP contribution in [-0.2, 0) is 0 Å². The van der Waals surface area contributed by atoms with Gasteiger partial charge in [-0.15, -0.1) is 6.58 Å². The van der Waals surface area contributed by atoms with Gasteiger partial charge < -0.3 is 0 Å². The molecule has 0 saturated carbocycles. The quantitative estimate of drug-likeness (QED) is 0.502. The van der Waals surface area contributed by atoms with E-state index in [0.717, 1.165) is 17.9 Å². The highest BCUT2D eigenvalue weighted by Crippen LogP contribution is 2.32. The van der Waals surface area contributed by atoms with Gasteiger partial charge in [-0.25, -0.2) is 0 Å². The summed E-state index contributed by atoms with van der Waals surface area (Å²) >= 11 is 5.73. The Morgan fingerprint density at radius 1 is 1.62 bits per heavy atom. The SMILES string of the molecule is C=CCC1=C(Cl)CC1. The normalized spacial score (nSPS) is 18.1. The van der Waals surface area contributed by atoms with Crippen LogP contribution in [0.25, 0.3) is 0 Å². The predicted octanol–water partition coefficient (Wildman–Crippen LogP) is 2.85. The molecule has 1 aliphatic rings. The molecule has 0 amide bonds. The molecule has 0 aromatic rings. The van der Waals surface area contributed by atoms with Crippen LogP contribution in [0.15, 0.2) is 23.3 Å². The van der Waals surface area contributed by atoms with E-state index in [9.17, 15) is 0 Å². The highest BCUT2D eigenvalue weighted by molar-refractivity contribution is 6.30. The summed E-state index contributed by atoms with van der Waals surface area (Å²) in [4.78, 5) is 0. The lowest BCUT2D eigenvalue weighted by molar-refractivity contribution is 0.821. The van der Waals surface area contributed by atoms with Crippen LogP contribution in [0.2, 0.25) is 0 Å². The zero-order valence-corrected chi connectivity index (χ0v) is 5.54. The van der Waals surface area contributed by atoms with E-state index in [0.29, 0.717) is 0 Å². The Kier molecular flexibility index (Phi) is 1.74. The van der Waals surface area contributed by atoms with Crippen molar-refractivity contribution in [2.75, 3.05) is 0 Å². The van der Waals surface area contributed by atoms with E-state index in [1.54, 1.807) is 0 Å². The third-order valence-corrected chi connectivity index (χ3v) is 1.88. The van der Waals surface area contributed by atoms with E-state index < -0.39 is 0 Å². The summed E-state index contributed by atoms with van der Waals surface area (Å²) in [5.74, 6) is 0. The lowest BCUT2D eigenvalue weighted by Crippen LogP contribution is -1.96. The summed E-state index contributed by atoms with van der Waals surface area (Å²) in [6.07, 6.45) is 5.16. The molecule has 0 bridgehead atoms. The number of halogens is 1. The Hall–Kier alpha value is -0.230. The molecule has 44 valence electrons. The average molecular weight is 129 g/mol. The monoisotopic (exact) mass is 128 g/mol. The van der Waals surface area contributed by atoms with Crippen molar-refractivity contribution >= 4 is 11.6 Å². The highest BCUT2D eigenvalue weighted by atomic mass is 35.5. The zero-order chi connectivity index (χ0) is 5.98. The molecule has 0 fully saturated rings. The zero-order valence-electron chi connectivity index (χ0n) is 4.78. The number of hydrogen-bond acceptors (Lipinski definition) is 0. The third kappa shape index (κ3) is 0.948.